The van der Waals surface area contributed by atoms with E-state index in [1.165, 1.54) is 6.07 Å². The van der Waals surface area contributed by atoms with Gasteiger partial charge in [-0.2, -0.15) is 0 Å². The van der Waals surface area contributed by atoms with Crippen molar-refractivity contribution in [2.75, 3.05) is 12.9 Å². The van der Waals surface area contributed by atoms with Gasteiger partial charge in [-0.05, 0) is 36.2 Å². The molecule has 2 rings (SSSR count). The van der Waals surface area contributed by atoms with E-state index in [1.54, 1.807) is 25.3 Å². The predicted octanol–water partition coefficient (Wildman–Crippen LogP) is 2.74. The summed E-state index contributed by atoms with van der Waals surface area (Å²) in [6, 6.07) is 13.9. The van der Waals surface area contributed by atoms with E-state index in [4.69, 9.17) is 9.84 Å². The smallest absolute Gasteiger partial charge is 0.336 e. The zero-order valence-corrected chi connectivity index (χ0v) is 12.4. The summed E-state index contributed by atoms with van der Waals surface area (Å²) in [5, 5.41) is 9.11. The Bertz CT molecular complexity index is 650. The zero-order valence-electron chi connectivity index (χ0n) is 11.6. The van der Waals surface area contributed by atoms with Gasteiger partial charge in [-0.15, -0.1) is 0 Å². The van der Waals surface area contributed by atoms with Crippen LogP contribution in [0.3, 0.4) is 0 Å². The summed E-state index contributed by atoms with van der Waals surface area (Å²) in [7, 11) is 0.269. The molecule has 1 N–H and O–H groups in total. The van der Waals surface area contributed by atoms with Crippen molar-refractivity contribution in [2.45, 2.75) is 11.3 Å². The van der Waals surface area contributed by atoms with Crippen LogP contribution < -0.4 is 4.74 Å². The van der Waals surface area contributed by atoms with E-state index in [0.717, 1.165) is 11.3 Å². The number of carbonyl (C=O) groups is 1. The van der Waals surface area contributed by atoms with Crippen molar-refractivity contribution in [1.82, 2.24) is 0 Å². The van der Waals surface area contributed by atoms with E-state index >= 15 is 0 Å². The Balaban J connectivity index is 2.06. The topological polar surface area (TPSA) is 63.6 Å². The third-order valence-corrected chi connectivity index (χ3v) is 4.52. The summed E-state index contributed by atoms with van der Waals surface area (Å²) < 4.78 is 17.4. The van der Waals surface area contributed by atoms with Gasteiger partial charge in [0, 0.05) is 5.75 Å². The molecule has 21 heavy (non-hydrogen) atoms. The standard InChI is InChI=1S/C16H16O4S/c1-20-13-8-6-12(7-9-13)10-11-21(19)15-5-3-2-4-14(15)16(17)18/h2-9H,10-11H2,1H3,(H,17,18). The quantitative estimate of drug-likeness (QED) is 0.891. The van der Waals surface area contributed by atoms with Crippen molar-refractivity contribution in [3.8, 4) is 5.75 Å². The molecule has 0 aromatic heterocycles. The van der Waals surface area contributed by atoms with Crippen molar-refractivity contribution >= 4 is 16.8 Å². The van der Waals surface area contributed by atoms with Gasteiger partial charge in [0.1, 0.15) is 5.75 Å². The molecule has 0 radical (unpaired) electrons. The van der Waals surface area contributed by atoms with Crippen LogP contribution >= 0.6 is 0 Å². The number of aromatic carboxylic acids is 1. The number of hydrogen-bond donors (Lipinski definition) is 1. The van der Waals surface area contributed by atoms with Crippen LogP contribution in [0.1, 0.15) is 15.9 Å². The molecule has 5 heteroatoms. The van der Waals surface area contributed by atoms with Gasteiger partial charge in [0.15, 0.2) is 0 Å². The van der Waals surface area contributed by atoms with E-state index in [9.17, 15) is 9.00 Å². The van der Waals surface area contributed by atoms with E-state index < -0.39 is 16.8 Å². The minimum absolute atomic E-state index is 0.102. The van der Waals surface area contributed by atoms with E-state index in [-0.39, 0.29) is 5.56 Å². The summed E-state index contributed by atoms with van der Waals surface area (Å²) in [5.41, 5.74) is 1.14. The highest BCUT2D eigenvalue weighted by Crippen LogP contribution is 2.16. The first kappa shape index (κ1) is 15.3. The Hall–Kier alpha value is -2.14. The minimum atomic E-state index is -1.34. The van der Waals surface area contributed by atoms with Gasteiger partial charge in [-0.1, -0.05) is 24.3 Å². The molecule has 2 aromatic carbocycles. The van der Waals surface area contributed by atoms with Crippen molar-refractivity contribution in [2.24, 2.45) is 0 Å². The second-order valence-corrected chi connectivity index (χ2v) is 5.99. The van der Waals surface area contributed by atoms with Crippen molar-refractivity contribution < 1.29 is 18.8 Å². The molecule has 0 fully saturated rings. The molecule has 0 saturated heterocycles. The fourth-order valence-electron chi connectivity index (χ4n) is 1.95. The number of methoxy groups -OCH3 is 1. The number of ether oxygens (including phenoxy) is 1. The molecule has 0 saturated carbocycles. The maximum Gasteiger partial charge on any atom is 0.336 e. The molecular formula is C16H16O4S. The van der Waals surface area contributed by atoms with Crippen LogP contribution in [0.2, 0.25) is 0 Å². The average Bonchev–Trinajstić information content (AvgIpc) is 2.53. The van der Waals surface area contributed by atoms with Crippen LogP contribution in [0.15, 0.2) is 53.4 Å². The van der Waals surface area contributed by atoms with Gasteiger partial charge < -0.3 is 9.84 Å². The lowest BCUT2D eigenvalue weighted by Crippen LogP contribution is -2.08. The summed E-state index contributed by atoms with van der Waals surface area (Å²) in [4.78, 5) is 11.5. The fraction of sp³-hybridized carbons (Fsp3) is 0.188. The summed E-state index contributed by atoms with van der Waals surface area (Å²) in [6.45, 7) is 0. The maximum absolute atomic E-state index is 12.3. The second kappa shape index (κ2) is 7.04. The number of aryl methyl sites for hydroxylation is 1. The van der Waals surface area contributed by atoms with Crippen LogP contribution in [0, 0.1) is 0 Å². The SMILES string of the molecule is COc1ccc(CCS(=O)c2ccccc2C(=O)O)cc1. The molecule has 2 aromatic rings. The molecular weight excluding hydrogens is 288 g/mol. The molecule has 0 amide bonds. The number of rotatable bonds is 6. The first-order valence-corrected chi connectivity index (χ1v) is 7.77. The Kier molecular flexibility index (Phi) is 5.11. The van der Waals surface area contributed by atoms with Gasteiger partial charge in [0.2, 0.25) is 0 Å². The number of benzene rings is 2. The Morgan fingerprint density at radius 2 is 1.81 bits per heavy atom. The fourth-order valence-corrected chi connectivity index (χ4v) is 3.23. The number of carboxylic acids is 1. The molecule has 110 valence electrons. The van der Waals surface area contributed by atoms with E-state index in [1.807, 2.05) is 24.3 Å². The van der Waals surface area contributed by atoms with Gasteiger partial charge in [-0.25, -0.2) is 4.79 Å². The Morgan fingerprint density at radius 1 is 1.14 bits per heavy atom. The molecule has 0 heterocycles. The van der Waals surface area contributed by atoms with Gasteiger partial charge in [0.25, 0.3) is 0 Å². The maximum atomic E-state index is 12.3. The molecule has 0 spiro atoms. The van der Waals surface area contributed by atoms with Crippen LogP contribution in [0.25, 0.3) is 0 Å². The molecule has 0 aliphatic rings. The lowest BCUT2D eigenvalue weighted by atomic mass is 10.2. The molecule has 4 nitrogen and oxygen atoms in total. The monoisotopic (exact) mass is 304 g/mol. The van der Waals surface area contributed by atoms with Gasteiger partial charge in [-0.3, -0.25) is 4.21 Å². The first-order chi connectivity index (χ1) is 10.1. The highest BCUT2D eigenvalue weighted by Gasteiger charge is 2.14. The zero-order chi connectivity index (χ0) is 15.2. The summed E-state index contributed by atoms with van der Waals surface area (Å²) in [6.07, 6.45) is 0.616. The van der Waals surface area contributed by atoms with Gasteiger partial charge in [0.05, 0.1) is 28.4 Å². The molecule has 1 unspecified atom stereocenters. The van der Waals surface area contributed by atoms with Crippen LogP contribution in [0.4, 0.5) is 0 Å². The van der Waals surface area contributed by atoms with Crippen molar-refractivity contribution in [1.29, 1.82) is 0 Å². The molecule has 1 atom stereocenters. The Morgan fingerprint density at radius 3 is 2.43 bits per heavy atom. The lowest BCUT2D eigenvalue weighted by molar-refractivity contribution is 0.0693. The molecule has 0 bridgehead atoms. The second-order valence-electron chi connectivity index (χ2n) is 4.45. The number of carboxylic acid groups (broad SMARTS) is 1. The van der Waals surface area contributed by atoms with Crippen molar-refractivity contribution in [3.63, 3.8) is 0 Å². The lowest BCUT2D eigenvalue weighted by Gasteiger charge is -2.06. The van der Waals surface area contributed by atoms with Crippen LogP contribution in [-0.4, -0.2) is 28.1 Å². The van der Waals surface area contributed by atoms with Crippen LogP contribution in [-0.2, 0) is 17.2 Å². The normalized spacial score (nSPS) is 11.9. The predicted molar refractivity (Wildman–Crippen MR) is 81.4 cm³/mol. The highest BCUT2D eigenvalue weighted by molar-refractivity contribution is 7.85. The Labute approximate surface area is 125 Å². The number of hydrogen-bond acceptors (Lipinski definition) is 3. The molecule has 0 aliphatic carbocycles. The molecule has 0 aliphatic heterocycles. The third kappa shape index (κ3) is 3.92. The van der Waals surface area contributed by atoms with E-state index in [2.05, 4.69) is 0 Å². The van der Waals surface area contributed by atoms with Crippen molar-refractivity contribution in [3.05, 3.63) is 59.7 Å². The largest absolute Gasteiger partial charge is 0.497 e. The summed E-state index contributed by atoms with van der Waals surface area (Å²) >= 11 is 0. The first-order valence-electron chi connectivity index (χ1n) is 6.45. The van der Waals surface area contributed by atoms with Gasteiger partial charge >= 0.3 is 5.97 Å². The highest BCUT2D eigenvalue weighted by atomic mass is 32.2. The summed E-state index contributed by atoms with van der Waals surface area (Å²) in [5.74, 6) is 0.107. The third-order valence-electron chi connectivity index (χ3n) is 3.10. The van der Waals surface area contributed by atoms with E-state index in [0.29, 0.717) is 17.1 Å². The minimum Gasteiger partial charge on any atom is -0.497 e. The average molecular weight is 304 g/mol. The van der Waals surface area contributed by atoms with Crippen LogP contribution in [0.5, 0.6) is 5.75 Å².